The Bertz CT molecular complexity index is 940. The van der Waals surface area contributed by atoms with Crippen LogP contribution in [0.4, 0.5) is 5.69 Å². The van der Waals surface area contributed by atoms with Gasteiger partial charge >= 0.3 is 0 Å². The zero-order chi connectivity index (χ0) is 17.9. The van der Waals surface area contributed by atoms with Crippen LogP contribution in [0.25, 0.3) is 0 Å². The second-order valence-corrected chi connectivity index (χ2v) is 7.71. The van der Waals surface area contributed by atoms with Gasteiger partial charge in [0.25, 0.3) is 5.56 Å². The lowest BCUT2D eigenvalue weighted by Crippen LogP contribution is -2.28. The molecule has 2 aromatic carbocycles. The number of nitrogens with zero attached hydrogens (tertiary/aromatic N) is 3. The van der Waals surface area contributed by atoms with Gasteiger partial charge in [0.1, 0.15) is 0 Å². The van der Waals surface area contributed by atoms with Crippen LogP contribution in [0, 0.1) is 0 Å². The fourth-order valence-electron chi connectivity index (χ4n) is 3.31. The highest BCUT2D eigenvalue weighted by Gasteiger charge is 2.26. The Morgan fingerprint density at radius 2 is 1.77 bits per heavy atom. The first-order valence-electron chi connectivity index (χ1n) is 8.79. The van der Waals surface area contributed by atoms with Crippen LogP contribution in [0.15, 0.2) is 76.6 Å². The van der Waals surface area contributed by atoms with Crippen molar-refractivity contribution in [3.05, 3.63) is 88.3 Å². The van der Waals surface area contributed by atoms with E-state index in [0.717, 1.165) is 30.1 Å². The summed E-state index contributed by atoms with van der Waals surface area (Å²) in [6.45, 7) is 1.67. The van der Waals surface area contributed by atoms with Crippen molar-refractivity contribution in [3.63, 3.8) is 0 Å². The molecular weight excluding hydrogens is 342 g/mol. The summed E-state index contributed by atoms with van der Waals surface area (Å²) in [5.74, 6) is 0. The lowest BCUT2D eigenvalue weighted by molar-refractivity contribution is 0.673. The van der Waals surface area contributed by atoms with Crippen LogP contribution in [0.3, 0.4) is 0 Å². The molecule has 1 aliphatic heterocycles. The Morgan fingerprint density at radius 3 is 2.50 bits per heavy atom. The molecule has 0 bridgehead atoms. The van der Waals surface area contributed by atoms with Crippen molar-refractivity contribution in [3.8, 4) is 0 Å². The third-order valence-electron chi connectivity index (χ3n) is 4.72. The number of thioether (sulfide) groups is 1. The lowest BCUT2D eigenvalue weighted by Gasteiger charge is -2.24. The van der Waals surface area contributed by atoms with Crippen LogP contribution >= 0.6 is 11.8 Å². The van der Waals surface area contributed by atoms with E-state index >= 15 is 0 Å². The lowest BCUT2D eigenvalue weighted by atomic mass is 10.1. The van der Waals surface area contributed by atoms with Gasteiger partial charge in [0, 0.05) is 25.4 Å². The fourth-order valence-corrected chi connectivity index (χ4v) is 4.65. The summed E-state index contributed by atoms with van der Waals surface area (Å²) in [4.78, 5) is 15.9. The summed E-state index contributed by atoms with van der Waals surface area (Å²) in [7, 11) is 1.72. The quantitative estimate of drug-likeness (QED) is 0.704. The Hall–Kier alpha value is -2.53. The predicted octanol–water partition coefficient (Wildman–Crippen LogP) is 4.02. The van der Waals surface area contributed by atoms with E-state index < -0.39 is 0 Å². The number of aromatic nitrogens is 2. The van der Waals surface area contributed by atoms with Crippen LogP contribution in [0.5, 0.6) is 0 Å². The van der Waals surface area contributed by atoms with Crippen molar-refractivity contribution in [1.29, 1.82) is 0 Å². The second kappa shape index (κ2) is 7.38. The SMILES string of the molecule is Cn1ncc2c(c1=O)SC(c1ccccc1)CCN2Cc1ccccc1. The molecule has 0 radical (unpaired) electrons. The molecular formula is C21H21N3OS. The molecule has 0 saturated heterocycles. The minimum Gasteiger partial charge on any atom is -0.365 e. The zero-order valence-corrected chi connectivity index (χ0v) is 15.5. The zero-order valence-electron chi connectivity index (χ0n) is 14.7. The fraction of sp³-hybridized carbons (Fsp3) is 0.238. The maximum atomic E-state index is 12.8. The molecule has 1 atom stereocenters. The van der Waals surface area contributed by atoms with E-state index in [4.69, 9.17) is 0 Å². The molecule has 2 heterocycles. The van der Waals surface area contributed by atoms with E-state index in [1.165, 1.54) is 15.8 Å². The van der Waals surface area contributed by atoms with Gasteiger partial charge in [-0.2, -0.15) is 5.10 Å². The van der Waals surface area contributed by atoms with Crippen LogP contribution in [-0.2, 0) is 13.6 Å². The molecule has 0 fully saturated rings. The van der Waals surface area contributed by atoms with Crippen molar-refractivity contribution in [1.82, 2.24) is 9.78 Å². The first-order valence-corrected chi connectivity index (χ1v) is 9.67. The maximum absolute atomic E-state index is 12.8. The molecule has 0 spiro atoms. The van der Waals surface area contributed by atoms with E-state index in [-0.39, 0.29) is 10.8 Å². The topological polar surface area (TPSA) is 38.1 Å². The highest BCUT2D eigenvalue weighted by Crippen LogP contribution is 2.43. The highest BCUT2D eigenvalue weighted by atomic mass is 32.2. The first kappa shape index (κ1) is 16.9. The molecule has 1 aromatic heterocycles. The summed E-state index contributed by atoms with van der Waals surface area (Å²) < 4.78 is 1.43. The minimum atomic E-state index is -0.0200. The van der Waals surface area contributed by atoms with Crippen molar-refractivity contribution in [2.24, 2.45) is 7.05 Å². The highest BCUT2D eigenvalue weighted by molar-refractivity contribution is 7.99. The largest absolute Gasteiger partial charge is 0.365 e. The van der Waals surface area contributed by atoms with Crippen molar-refractivity contribution in [2.45, 2.75) is 23.1 Å². The van der Waals surface area contributed by atoms with E-state index in [0.29, 0.717) is 0 Å². The minimum absolute atomic E-state index is 0.0200. The summed E-state index contributed by atoms with van der Waals surface area (Å²) in [5, 5.41) is 4.54. The third-order valence-corrected chi connectivity index (χ3v) is 6.14. The van der Waals surface area contributed by atoms with Gasteiger partial charge in [-0.25, -0.2) is 4.68 Å². The third kappa shape index (κ3) is 3.40. The van der Waals surface area contributed by atoms with E-state index in [2.05, 4.69) is 58.5 Å². The molecule has 0 aliphatic carbocycles. The molecule has 4 nitrogen and oxygen atoms in total. The average molecular weight is 363 g/mol. The Kier molecular flexibility index (Phi) is 4.80. The summed E-state index contributed by atoms with van der Waals surface area (Å²) in [5.41, 5.74) is 3.43. The maximum Gasteiger partial charge on any atom is 0.282 e. The van der Waals surface area contributed by atoms with Crippen molar-refractivity contribution in [2.75, 3.05) is 11.4 Å². The molecule has 0 saturated carbocycles. The van der Waals surface area contributed by atoms with Gasteiger partial charge in [0.05, 0.1) is 16.8 Å². The number of aryl methyl sites for hydroxylation is 1. The van der Waals surface area contributed by atoms with Gasteiger partial charge in [0.2, 0.25) is 0 Å². The van der Waals surface area contributed by atoms with Gasteiger partial charge in [-0.05, 0) is 17.5 Å². The smallest absolute Gasteiger partial charge is 0.282 e. The number of hydrogen-bond acceptors (Lipinski definition) is 4. The van der Waals surface area contributed by atoms with Gasteiger partial charge in [0.15, 0.2) is 0 Å². The van der Waals surface area contributed by atoms with Crippen molar-refractivity contribution >= 4 is 17.4 Å². The van der Waals surface area contributed by atoms with Crippen LogP contribution in [-0.4, -0.2) is 16.3 Å². The van der Waals surface area contributed by atoms with Gasteiger partial charge in [-0.3, -0.25) is 4.79 Å². The van der Waals surface area contributed by atoms with Crippen LogP contribution in [0.1, 0.15) is 22.8 Å². The molecule has 0 N–H and O–H groups in total. The van der Waals surface area contributed by atoms with Gasteiger partial charge in [-0.15, -0.1) is 11.8 Å². The normalized spacial score (nSPS) is 16.8. The standard InChI is InChI=1S/C21H21N3OS/c1-23-21(25)20-18(14-22-23)24(15-16-8-4-2-5-9-16)13-12-19(26-20)17-10-6-3-7-11-17/h2-11,14,19H,12-13,15H2,1H3. The summed E-state index contributed by atoms with van der Waals surface area (Å²) in [6.07, 6.45) is 2.82. The first-order chi connectivity index (χ1) is 12.7. The van der Waals surface area contributed by atoms with Gasteiger partial charge < -0.3 is 4.90 Å². The molecule has 0 amide bonds. The second-order valence-electron chi connectivity index (χ2n) is 6.50. The molecule has 5 heteroatoms. The number of rotatable bonds is 3. The van der Waals surface area contributed by atoms with E-state index in [9.17, 15) is 4.79 Å². The molecule has 132 valence electrons. The van der Waals surface area contributed by atoms with Crippen LogP contribution < -0.4 is 10.5 Å². The van der Waals surface area contributed by atoms with E-state index in [1.807, 2.05) is 18.3 Å². The number of anilines is 1. The molecule has 26 heavy (non-hydrogen) atoms. The Balaban J connectivity index is 1.73. The summed E-state index contributed by atoms with van der Waals surface area (Å²) >= 11 is 1.67. The van der Waals surface area contributed by atoms with Crippen molar-refractivity contribution < 1.29 is 0 Å². The Labute approximate surface area is 157 Å². The molecule has 4 rings (SSSR count). The monoisotopic (exact) mass is 363 g/mol. The van der Waals surface area contributed by atoms with Gasteiger partial charge in [-0.1, -0.05) is 60.7 Å². The number of hydrogen-bond donors (Lipinski definition) is 0. The predicted molar refractivity (Wildman–Crippen MR) is 107 cm³/mol. The number of benzene rings is 2. The van der Waals surface area contributed by atoms with E-state index in [1.54, 1.807) is 18.8 Å². The number of fused-ring (bicyclic) bond motifs is 1. The average Bonchev–Trinajstić information content (AvgIpc) is 2.87. The molecule has 3 aromatic rings. The summed E-state index contributed by atoms with van der Waals surface area (Å²) in [6, 6.07) is 20.8. The van der Waals surface area contributed by atoms with Crippen LogP contribution in [0.2, 0.25) is 0 Å². The Morgan fingerprint density at radius 1 is 1.08 bits per heavy atom. The molecule has 1 unspecified atom stereocenters. The molecule has 1 aliphatic rings.